The molecule has 1 aliphatic heterocycles. The summed E-state index contributed by atoms with van der Waals surface area (Å²) in [4.78, 5) is 6.69. The molecular formula is C16H25N3O. The van der Waals surface area contributed by atoms with Crippen molar-refractivity contribution >= 4 is 11.6 Å². The van der Waals surface area contributed by atoms with Gasteiger partial charge in [-0.2, -0.15) is 0 Å². The van der Waals surface area contributed by atoms with Crippen LogP contribution in [0.25, 0.3) is 0 Å². The lowest BCUT2D eigenvalue weighted by Crippen LogP contribution is -2.40. The van der Waals surface area contributed by atoms with Crippen LogP contribution in [0.15, 0.2) is 29.3 Å². The number of aliphatic imine (C=N–C) groups is 1. The first-order chi connectivity index (χ1) is 9.86. The Balaban J connectivity index is 1.82. The van der Waals surface area contributed by atoms with Crippen LogP contribution < -0.4 is 10.2 Å². The van der Waals surface area contributed by atoms with Crippen LogP contribution in [0.4, 0.5) is 5.69 Å². The van der Waals surface area contributed by atoms with Crippen molar-refractivity contribution in [3.05, 3.63) is 29.8 Å². The lowest BCUT2D eigenvalue weighted by atomic mass is 10.2. The first-order valence-electron chi connectivity index (χ1n) is 7.42. The van der Waals surface area contributed by atoms with Gasteiger partial charge in [-0.1, -0.05) is 18.2 Å². The molecule has 0 unspecified atom stereocenters. The number of rotatable bonds is 6. The fraction of sp³-hybridized carbons (Fsp3) is 0.562. The Morgan fingerprint density at radius 1 is 1.30 bits per heavy atom. The van der Waals surface area contributed by atoms with Crippen molar-refractivity contribution in [2.24, 2.45) is 4.99 Å². The SMILES string of the molecule is CN=C(NCCCCCOC)N1CCc2ccccc21. The van der Waals surface area contributed by atoms with Gasteiger partial charge in [-0.25, -0.2) is 0 Å². The Hall–Kier alpha value is -1.55. The molecule has 1 N–H and O–H groups in total. The maximum Gasteiger partial charge on any atom is 0.198 e. The molecule has 2 rings (SSSR count). The smallest absolute Gasteiger partial charge is 0.198 e. The Bertz CT molecular complexity index is 445. The molecule has 0 radical (unpaired) electrons. The third-order valence-electron chi connectivity index (χ3n) is 3.66. The summed E-state index contributed by atoms with van der Waals surface area (Å²) < 4.78 is 5.06. The fourth-order valence-corrected chi connectivity index (χ4v) is 2.60. The number of guanidine groups is 1. The van der Waals surface area contributed by atoms with E-state index < -0.39 is 0 Å². The largest absolute Gasteiger partial charge is 0.385 e. The van der Waals surface area contributed by atoms with Crippen molar-refractivity contribution in [3.63, 3.8) is 0 Å². The predicted molar refractivity (Wildman–Crippen MR) is 84.6 cm³/mol. The zero-order valence-corrected chi connectivity index (χ0v) is 12.6. The van der Waals surface area contributed by atoms with Crippen LogP contribution in [0.1, 0.15) is 24.8 Å². The van der Waals surface area contributed by atoms with Gasteiger partial charge in [0.15, 0.2) is 5.96 Å². The molecule has 0 aliphatic carbocycles. The second kappa shape index (κ2) is 7.90. The summed E-state index contributed by atoms with van der Waals surface area (Å²) in [5, 5.41) is 3.46. The number of unbranched alkanes of at least 4 members (excludes halogenated alkanes) is 2. The molecule has 0 atom stereocenters. The molecule has 110 valence electrons. The van der Waals surface area contributed by atoms with Gasteiger partial charge in [0.1, 0.15) is 0 Å². The molecular weight excluding hydrogens is 250 g/mol. The number of nitrogens with zero attached hydrogens (tertiary/aromatic N) is 2. The first kappa shape index (κ1) is 14.9. The van der Waals surface area contributed by atoms with E-state index in [2.05, 4.69) is 39.5 Å². The molecule has 0 fully saturated rings. The Kier molecular flexibility index (Phi) is 5.87. The fourth-order valence-electron chi connectivity index (χ4n) is 2.60. The number of ether oxygens (including phenoxy) is 1. The summed E-state index contributed by atoms with van der Waals surface area (Å²) in [6.45, 7) is 2.84. The molecule has 1 aromatic rings. The molecule has 1 aromatic carbocycles. The van der Waals surface area contributed by atoms with E-state index in [1.807, 2.05) is 7.05 Å². The summed E-state index contributed by atoms with van der Waals surface area (Å²) in [7, 11) is 3.61. The minimum Gasteiger partial charge on any atom is -0.385 e. The van der Waals surface area contributed by atoms with Crippen LogP contribution in [-0.2, 0) is 11.2 Å². The molecule has 4 heteroatoms. The molecule has 0 saturated heterocycles. The summed E-state index contributed by atoms with van der Waals surface area (Å²) in [6.07, 6.45) is 4.57. The van der Waals surface area contributed by atoms with Gasteiger partial charge in [-0.15, -0.1) is 0 Å². The minimum absolute atomic E-state index is 0.855. The highest BCUT2D eigenvalue weighted by atomic mass is 16.5. The predicted octanol–water partition coefficient (Wildman–Crippen LogP) is 2.44. The highest BCUT2D eigenvalue weighted by Crippen LogP contribution is 2.27. The van der Waals surface area contributed by atoms with Gasteiger partial charge < -0.3 is 15.0 Å². The second-order valence-corrected chi connectivity index (χ2v) is 5.06. The summed E-state index contributed by atoms with van der Waals surface area (Å²) in [5.41, 5.74) is 2.70. The van der Waals surface area contributed by atoms with E-state index in [1.54, 1.807) is 7.11 Å². The minimum atomic E-state index is 0.855. The standard InChI is InChI=1S/C16H25N3O/c1-17-16(18-11-6-3-7-13-20-2)19-12-10-14-8-4-5-9-15(14)19/h4-5,8-9H,3,6-7,10-13H2,1-2H3,(H,17,18). The zero-order chi connectivity index (χ0) is 14.2. The topological polar surface area (TPSA) is 36.9 Å². The maximum atomic E-state index is 5.06. The van der Waals surface area contributed by atoms with Crippen LogP contribution in [0.5, 0.6) is 0 Å². The van der Waals surface area contributed by atoms with E-state index in [4.69, 9.17) is 4.74 Å². The van der Waals surface area contributed by atoms with Gasteiger partial charge in [0.2, 0.25) is 0 Å². The van der Waals surface area contributed by atoms with E-state index in [9.17, 15) is 0 Å². The number of anilines is 1. The third-order valence-corrected chi connectivity index (χ3v) is 3.66. The molecule has 20 heavy (non-hydrogen) atoms. The highest BCUT2D eigenvalue weighted by Gasteiger charge is 2.21. The van der Waals surface area contributed by atoms with E-state index in [-0.39, 0.29) is 0 Å². The number of para-hydroxylation sites is 1. The quantitative estimate of drug-likeness (QED) is 0.492. The van der Waals surface area contributed by atoms with Crippen LogP contribution >= 0.6 is 0 Å². The molecule has 0 bridgehead atoms. The molecule has 0 saturated carbocycles. The van der Waals surface area contributed by atoms with Gasteiger partial charge in [-0.3, -0.25) is 4.99 Å². The van der Waals surface area contributed by atoms with Crippen molar-refractivity contribution in [1.29, 1.82) is 0 Å². The van der Waals surface area contributed by atoms with Gasteiger partial charge >= 0.3 is 0 Å². The number of nitrogens with one attached hydrogen (secondary N) is 1. The first-order valence-corrected chi connectivity index (χ1v) is 7.42. The number of methoxy groups -OCH3 is 1. The van der Waals surface area contributed by atoms with Crippen molar-refractivity contribution in [3.8, 4) is 0 Å². The van der Waals surface area contributed by atoms with Crippen molar-refractivity contribution < 1.29 is 4.74 Å². The van der Waals surface area contributed by atoms with Crippen molar-refractivity contribution in [2.45, 2.75) is 25.7 Å². The Morgan fingerprint density at radius 3 is 2.95 bits per heavy atom. The van der Waals surface area contributed by atoms with Crippen molar-refractivity contribution in [1.82, 2.24) is 5.32 Å². The van der Waals surface area contributed by atoms with Crippen LogP contribution in [-0.4, -0.2) is 39.8 Å². The summed E-state index contributed by atoms with van der Waals surface area (Å²) in [6, 6.07) is 8.57. The highest BCUT2D eigenvalue weighted by molar-refractivity contribution is 5.97. The lowest BCUT2D eigenvalue weighted by Gasteiger charge is -2.22. The van der Waals surface area contributed by atoms with Crippen LogP contribution in [0, 0.1) is 0 Å². The van der Waals surface area contributed by atoms with Gasteiger partial charge in [0, 0.05) is 39.5 Å². The number of benzene rings is 1. The van der Waals surface area contributed by atoms with E-state index in [0.717, 1.165) is 44.9 Å². The average Bonchev–Trinajstić information content (AvgIpc) is 2.91. The molecule has 0 amide bonds. The molecule has 1 heterocycles. The number of hydrogen-bond acceptors (Lipinski definition) is 2. The lowest BCUT2D eigenvalue weighted by molar-refractivity contribution is 0.192. The van der Waals surface area contributed by atoms with Crippen LogP contribution in [0.2, 0.25) is 0 Å². The molecule has 1 aliphatic rings. The third kappa shape index (κ3) is 3.73. The summed E-state index contributed by atoms with van der Waals surface area (Å²) >= 11 is 0. The van der Waals surface area contributed by atoms with E-state index in [1.165, 1.54) is 17.7 Å². The summed E-state index contributed by atoms with van der Waals surface area (Å²) in [5.74, 6) is 0.988. The van der Waals surface area contributed by atoms with Crippen LogP contribution in [0.3, 0.4) is 0 Å². The molecule has 0 spiro atoms. The average molecular weight is 275 g/mol. The zero-order valence-electron chi connectivity index (χ0n) is 12.6. The molecule has 0 aromatic heterocycles. The monoisotopic (exact) mass is 275 g/mol. The number of hydrogen-bond donors (Lipinski definition) is 1. The normalized spacial score (nSPS) is 14.5. The van der Waals surface area contributed by atoms with E-state index in [0.29, 0.717) is 0 Å². The second-order valence-electron chi connectivity index (χ2n) is 5.06. The molecule has 4 nitrogen and oxygen atoms in total. The maximum absolute atomic E-state index is 5.06. The Morgan fingerprint density at radius 2 is 2.15 bits per heavy atom. The van der Waals surface area contributed by atoms with Crippen molar-refractivity contribution in [2.75, 3.05) is 38.8 Å². The van der Waals surface area contributed by atoms with Gasteiger partial charge in [0.25, 0.3) is 0 Å². The van der Waals surface area contributed by atoms with Gasteiger partial charge in [-0.05, 0) is 37.3 Å². The Labute approximate surface area is 121 Å². The number of fused-ring (bicyclic) bond motifs is 1. The van der Waals surface area contributed by atoms with E-state index >= 15 is 0 Å². The van der Waals surface area contributed by atoms with Gasteiger partial charge in [0.05, 0.1) is 0 Å².